The third kappa shape index (κ3) is 2.71. The number of rotatable bonds is 3. The van der Waals surface area contributed by atoms with Gasteiger partial charge in [0.05, 0.1) is 0 Å². The molecule has 2 nitrogen and oxygen atoms in total. The van der Waals surface area contributed by atoms with E-state index in [2.05, 4.69) is 41.2 Å². The Bertz CT molecular complexity index is 286. The molecule has 0 fully saturated rings. The van der Waals surface area contributed by atoms with Gasteiger partial charge in [-0.1, -0.05) is 12.1 Å². The second-order valence-corrected chi connectivity index (χ2v) is 4.01. The standard InChI is InChI=1S/C10H15BrN2/c1-7-4-3-5-9(10(7)11)13-8(2)6-12/h3-5,8,13H,6,12H2,1-2H3. The van der Waals surface area contributed by atoms with E-state index in [-0.39, 0.29) is 0 Å². The molecule has 1 unspecified atom stereocenters. The molecule has 0 aromatic heterocycles. The molecule has 0 amide bonds. The fourth-order valence-electron chi connectivity index (χ4n) is 1.08. The van der Waals surface area contributed by atoms with E-state index in [1.54, 1.807) is 0 Å². The average Bonchev–Trinajstić information content (AvgIpc) is 2.13. The molecule has 0 spiro atoms. The first-order valence-corrected chi connectivity index (χ1v) is 5.16. The highest BCUT2D eigenvalue weighted by Gasteiger charge is 2.04. The minimum atomic E-state index is 0.304. The number of nitrogens with two attached hydrogens (primary N) is 1. The SMILES string of the molecule is Cc1cccc(NC(C)CN)c1Br. The summed E-state index contributed by atoms with van der Waals surface area (Å²) in [6.45, 7) is 4.78. The summed E-state index contributed by atoms with van der Waals surface area (Å²) >= 11 is 3.53. The molecular weight excluding hydrogens is 228 g/mol. The van der Waals surface area contributed by atoms with E-state index in [4.69, 9.17) is 5.73 Å². The molecule has 0 radical (unpaired) electrons. The molecular formula is C10H15BrN2. The predicted octanol–water partition coefficient (Wildman–Crippen LogP) is 2.52. The van der Waals surface area contributed by atoms with Crippen LogP contribution in [0.4, 0.5) is 5.69 Å². The van der Waals surface area contributed by atoms with E-state index >= 15 is 0 Å². The van der Waals surface area contributed by atoms with Gasteiger partial charge in [0.2, 0.25) is 0 Å². The molecule has 3 N–H and O–H groups in total. The lowest BCUT2D eigenvalue weighted by Gasteiger charge is -2.15. The topological polar surface area (TPSA) is 38.0 Å². The van der Waals surface area contributed by atoms with Crippen molar-refractivity contribution in [2.24, 2.45) is 5.73 Å². The molecule has 1 rings (SSSR count). The van der Waals surface area contributed by atoms with Crippen LogP contribution in [0.2, 0.25) is 0 Å². The summed E-state index contributed by atoms with van der Waals surface area (Å²) in [5, 5.41) is 3.33. The molecule has 0 heterocycles. The molecule has 0 saturated heterocycles. The van der Waals surface area contributed by atoms with E-state index in [1.807, 2.05) is 12.1 Å². The van der Waals surface area contributed by atoms with Crippen LogP contribution >= 0.6 is 15.9 Å². The van der Waals surface area contributed by atoms with Gasteiger partial charge in [-0.25, -0.2) is 0 Å². The van der Waals surface area contributed by atoms with E-state index in [9.17, 15) is 0 Å². The van der Waals surface area contributed by atoms with Crippen LogP contribution in [-0.2, 0) is 0 Å². The Hall–Kier alpha value is -0.540. The Balaban J connectivity index is 2.83. The van der Waals surface area contributed by atoms with Gasteiger partial charge in [0, 0.05) is 22.7 Å². The lowest BCUT2D eigenvalue weighted by atomic mass is 10.2. The van der Waals surface area contributed by atoms with Crippen molar-refractivity contribution in [1.82, 2.24) is 0 Å². The number of halogens is 1. The zero-order chi connectivity index (χ0) is 9.84. The van der Waals surface area contributed by atoms with Gasteiger partial charge in [-0.2, -0.15) is 0 Å². The van der Waals surface area contributed by atoms with Gasteiger partial charge in [0.15, 0.2) is 0 Å². The molecule has 72 valence electrons. The Morgan fingerprint density at radius 2 is 2.23 bits per heavy atom. The third-order valence-electron chi connectivity index (χ3n) is 1.95. The van der Waals surface area contributed by atoms with Crippen molar-refractivity contribution < 1.29 is 0 Å². The van der Waals surface area contributed by atoms with Crippen LogP contribution in [0.5, 0.6) is 0 Å². The highest BCUT2D eigenvalue weighted by Crippen LogP contribution is 2.25. The maximum Gasteiger partial charge on any atom is 0.0489 e. The first-order chi connectivity index (χ1) is 6.15. The number of nitrogens with one attached hydrogen (secondary N) is 1. The molecule has 13 heavy (non-hydrogen) atoms. The number of hydrogen-bond donors (Lipinski definition) is 2. The summed E-state index contributed by atoms with van der Waals surface area (Å²) in [5.41, 5.74) is 7.87. The third-order valence-corrected chi connectivity index (χ3v) is 3.00. The minimum absolute atomic E-state index is 0.304. The quantitative estimate of drug-likeness (QED) is 0.856. The summed E-state index contributed by atoms with van der Waals surface area (Å²) in [5.74, 6) is 0. The molecule has 1 aromatic rings. The van der Waals surface area contributed by atoms with Crippen molar-refractivity contribution in [3.8, 4) is 0 Å². The molecule has 0 aliphatic heterocycles. The predicted molar refractivity (Wildman–Crippen MR) is 61.0 cm³/mol. The van der Waals surface area contributed by atoms with Gasteiger partial charge in [-0.3, -0.25) is 0 Å². The van der Waals surface area contributed by atoms with Crippen molar-refractivity contribution >= 4 is 21.6 Å². The summed E-state index contributed by atoms with van der Waals surface area (Å²) < 4.78 is 1.12. The molecule has 0 aliphatic rings. The molecule has 1 atom stereocenters. The second kappa shape index (κ2) is 4.63. The Morgan fingerprint density at radius 3 is 2.85 bits per heavy atom. The smallest absolute Gasteiger partial charge is 0.0489 e. The zero-order valence-corrected chi connectivity index (χ0v) is 9.56. The second-order valence-electron chi connectivity index (χ2n) is 3.22. The van der Waals surface area contributed by atoms with E-state index in [1.165, 1.54) is 5.56 Å². The van der Waals surface area contributed by atoms with Crippen LogP contribution in [0.1, 0.15) is 12.5 Å². The van der Waals surface area contributed by atoms with Gasteiger partial charge in [0.1, 0.15) is 0 Å². The van der Waals surface area contributed by atoms with Crippen LogP contribution in [0.3, 0.4) is 0 Å². The minimum Gasteiger partial charge on any atom is -0.380 e. The molecule has 0 bridgehead atoms. The van der Waals surface area contributed by atoms with E-state index in [0.29, 0.717) is 12.6 Å². The summed E-state index contributed by atoms with van der Waals surface area (Å²) in [6, 6.07) is 6.45. The number of anilines is 1. The monoisotopic (exact) mass is 242 g/mol. The summed E-state index contributed by atoms with van der Waals surface area (Å²) in [6.07, 6.45) is 0. The maximum absolute atomic E-state index is 5.53. The fourth-order valence-corrected chi connectivity index (χ4v) is 1.46. The fraction of sp³-hybridized carbons (Fsp3) is 0.400. The molecule has 3 heteroatoms. The van der Waals surface area contributed by atoms with Crippen LogP contribution in [0.25, 0.3) is 0 Å². The van der Waals surface area contributed by atoms with Gasteiger partial charge in [0.25, 0.3) is 0 Å². The highest BCUT2D eigenvalue weighted by atomic mass is 79.9. The molecule has 1 aromatic carbocycles. The number of hydrogen-bond acceptors (Lipinski definition) is 2. The van der Waals surface area contributed by atoms with Crippen LogP contribution in [0, 0.1) is 6.92 Å². The Morgan fingerprint density at radius 1 is 1.54 bits per heavy atom. The Labute approximate surface area is 87.6 Å². The highest BCUT2D eigenvalue weighted by molar-refractivity contribution is 9.10. The lowest BCUT2D eigenvalue weighted by molar-refractivity contribution is 0.803. The van der Waals surface area contributed by atoms with Crippen molar-refractivity contribution in [1.29, 1.82) is 0 Å². The average molecular weight is 243 g/mol. The van der Waals surface area contributed by atoms with Crippen molar-refractivity contribution in [3.63, 3.8) is 0 Å². The van der Waals surface area contributed by atoms with Crippen molar-refractivity contribution in [2.75, 3.05) is 11.9 Å². The maximum atomic E-state index is 5.53. The van der Waals surface area contributed by atoms with E-state index < -0.39 is 0 Å². The number of aryl methyl sites for hydroxylation is 1. The van der Waals surface area contributed by atoms with Crippen LogP contribution in [0.15, 0.2) is 22.7 Å². The van der Waals surface area contributed by atoms with Crippen molar-refractivity contribution in [3.05, 3.63) is 28.2 Å². The molecule has 0 aliphatic carbocycles. The lowest BCUT2D eigenvalue weighted by Crippen LogP contribution is -2.25. The van der Waals surface area contributed by atoms with Gasteiger partial charge in [-0.05, 0) is 41.4 Å². The van der Waals surface area contributed by atoms with Gasteiger partial charge >= 0.3 is 0 Å². The zero-order valence-electron chi connectivity index (χ0n) is 7.97. The Kier molecular flexibility index (Phi) is 3.75. The first kappa shape index (κ1) is 10.5. The van der Waals surface area contributed by atoms with Crippen LogP contribution < -0.4 is 11.1 Å². The van der Waals surface area contributed by atoms with Gasteiger partial charge < -0.3 is 11.1 Å². The first-order valence-electron chi connectivity index (χ1n) is 4.37. The normalized spacial score (nSPS) is 12.6. The summed E-state index contributed by atoms with van der Waals surface area (Å²) in [4.78, 5) is 0. The van der Waals surface area contributed by atoms with Crippen molar-refractivity contribution in [2.45, 2.75) is 19.9 Å². The van der Waals surface area contributed by atoms with Crippen LogP contribution in [-0.4, -0.2) is 12.6 Å². The van der Waals surface area contributed by atoms with E-state index in [0.717, 1.165) is 10.2 Å². The summed E-state index contributed by atoms with van der Waals surface area (Å²) in [7, 11) is 0. The van der Waals surface area contributed by atoms with Gasteiger partial charge in [-0.15, -0.1) is 0 Å². The molecule has 0 saturated carbocycles. The number of benzene rings is 1. The largest absolute Gasteiger partial charge is 0.380 e.